The minimum absolute atomic E-state index is 0.342. The largest absolute Gasteiger partial charge is 0.316 e. The van der Waals surface area contributed by atoms with Crippen LogP contribution in [-0.2, 0) is 23.0 Å². The average molecular weight is 313 g/mol. The van der Waals surface area contributed by atoms with E-state index in [4.69, 9.17) is 0 Å². The van der Waals surface area contributed by atoms with E-state index in [1.807, 2.05) is 32.1 Å². The lowest BCUT2D eigenvalue weighted by Gasteiger charge is -2.13. The van der Waals surface area contributed by atoms with Crippen LogP contribution in [-0.4, -0.2) is 47.6 Å². The number of nitrogens with one attached hydrogen (secondary N) is 2. The van der Waals surface area contributed by atoms with E-state index in [0.717, 1.165) is 24.9 Å². The zero-order valence-electron chi connectivity index (χ0n) is 13.4. The van der Waals surface area contributed by atoms with E-state index in [1.54, 1.807) is 12.1 Å². The van der Waals surface area contributed by atoms with Crippen molar-refractivity contribution in [3.63, 3.8) is 0 Å². The molecule has 0 fully saturated rings. The fourth-order valence-corrected chi connectivity index (χ4v) is 3.28. The van der Waals surface area contributed by atoms with Gasteiger partial charge in [0.1, 0.15) is 0 Å². The van der Waals surface area contributed by atoms with Gasteiger partial charge in [-0.05, 0) is 63.8 Å². The first-order valence-electron chi connectivity index (χ1n) is 7.31. The molecule has 21 heavy (non-hydrogen) atoms. The van der Waals surface area contributed by atoms with E-state index in [-0.39, 0.29) is 0 Å². The monoisotopic (exact) mass is 313 g/mol. The molecule has 0 saturated carbocycles. The average Bonchev–Trinajstić information content (AvgIpc) is 2.44. The molecule has 6 heteroatoms. The van der Waals surface area contributed by atoms with Crippen LogP contribution in [0.3, 0.4) is 0 Å². The van der Waals surface area contributed by atoms with Gasteiger partial charge in [-0.2, -0.15) is 0 Å². The molecule has 0 unspecified atom stereocenters. The third kappa shape index (κ3) is 5.74. The van der Waals surface area contributed by atoms with Crippen molar-refractivity contribution < 1.29 is 8.42 Å². The van der Waals surface area contributed by atoms with Crippen molar-refractivity contribution in [1.29, 1.82) is 0 Å². The highest BCUT2D eigenvalue weighted by atomic mass is 32.2. The fourth-order valence-electron chi connectivity index (χ4n) is 2.15. The summed E-state index contributed by atoms with van der Waals surface area (Å²) in [5, 5.41) is 3.08. The molecule has 1 rings (SSSR count). The number of aryl methyl sites for hydroxylation is 1. The van der Waals surface area contributed by atoms with Crippen LogP contribution >= 0.6 is 0 Å². The predicted molar refractivity (Wildman–Crippen MR) is 86.9 cm³/mol. The van der Waals surface area contributed by atoms with Gasteiger partial charge >= 0.3 is 0 Å². The molecule has 2 N–H and O–H groups in total. The standard InChI is InChI=1S/C15H27N3O2S/c1-5-13-7-8-15(11-14(13)12-16-2)21(19,20)17-9-6-10-18(3)4/h7-8,11,16-17H,5-6,9-10,12H2,1-4H3. The maximum Gasteiger partial charge on any atom is 0.240 e. The highest BCUT2D eigenvalue weighted by Crippen LogP contribution is 2.16. The van der Waals surface area contributed by atoms with Crippen LogP contribution in [0.1, 0.15) is 24.5 Å². The van der Waals surface area contributed by atoms with E-state index in [1.165, 1.54) is 5.56 Å². The fraction of sp³-hybridized carbons (Fsp3) is 0.600. The Morgan fingerprint density at radius 2 is 1.90 bits per heavy atom. The summed E-state index contributed by atoms with van der Waals surface area (Å²) < 4.78 is 27.2. The van der Waals surface area contributed by atoms with Crippen LogP contribution in [0, 0.1) is 0 Å². The Labute approximate surface area is 128 Å². The van der Waals surface area contributed by atoms with Crippen LogP contribution < -0.4 is 10.0 Å². The van der Waals surface area contributed by atoms with Gasteiger partial charge in [-0.1, -0.05) is 13.0 Å². The second-order valence-electron chi connectivity index (χ2n) is 5.37. The van der Waals surface area contributed by atoms with Crippen LogP contribution in [0.2, 0.25) is 0 Å². The summed E-state index contributed by atoms with van der Waals surface area (Å²) in [7, 11) is 2.39. The summed E-state index contributed by atoms with van der Waals surface area (Å²) >= 11 is 0. The second-order valence-corrected chi connectivity index (χ2v) is 7.14. The summed E-state index contributed by atoms with van der Waals surface area (Å²) in [5.74, 6) is 0. The van der Waals surface area contributed by atoms with E-state index in [2.05, 4.69) is 17.0 Å². The lowest BCUT2D eigenvalue weighted by atomic mass is 10.1. The second kappa shape index (κ2) is 8.48. The highest BCUT2D eigenvalue weighted by Gasteiger charge is 2.15. The smallest absolute Gasteiger partial charge is 0.240 e. The summed E-state index contributed by atoms with van der Waals surface area (Å²) in [4.78, 5) is 2.38. The maximum absolute atomic E-state index is 12.3. The zero-order chi connectivity index (χ0) is 15.9. The summed E-state index contributed by atoms with van der Waals surface area (Å²) in [6.45, 7) is 4.06. The Kier molecular flexibility index (Phi) is 7.31. The lowest BCUT2D eigenvalue weighted by Crippen LogP contribution is -2.27. The van der Waals surface area contributed by atoms with Crippen molar-refractivity contribution in [2.24, 2.45) is 0 Å². The predicted octanol–water partition coefficient (Wildman–Crippen LogP) is 1.20. The normalized spacial score (nSPS) is 12.0. The minimum Gasteiger partial charge on any atom is -0.316 e. The molecule has 0 atom stereocenters. The lowest BCUT2D eigenvalue weighted by molar-refractivity contribution is 0.400. The molecule has 1 aromatic rings. The van der Waals surface area contributed by atoms with Gasteiger partial charge in [0.2, 0.25) is 10.0 Å². The molecule has 5 nitrogen and oxygen atoms in total. The Morgan fingerprint density at radius 3 is 2.48 bits per heavy atom. The van der Waals surface area contributed by atoms with Crippen molar-refractivity contribution in [1.82, 2.24) is 14.9 Å². The molecule has 0 radical (unpaired) electrons. The molecule has 0 aliphatic rings. The van der Waals surface area contributed by atoms with E-state index in [9.17, 15) is 8.42 Å². The Bertz CT molecular complexity index is 542. The molecule has 120 valence electrons. The first-order valence-corrected chi connectivity index (χ1v) is 8.79. The quantitative estimate of drug-likeness (QED) is 0.673. The van der Waals surface area contributed by atoms with Crippen molar-refractivity contribution in [3.05, 3.63) is 29.3 Å². The number of hydrogen-bond donors (Lipinski definition) is 2. The summed E-state index contributed by atoms with van der Waals surface area (Å²) in [5.41, 5.74) is 2.21. The number of sulfonamides is 1. The Morgan fingerprint density at radius 1 is 1.19 bits per heavy atom. The van der Waals surface area contributed by atoms with Crippen LogP contribution in [0.25, 0.3) is 0 Å². The van der Waals surface area contributed by atoms with Gasteiger partial charge in [0.15, 0.2) is 0 Å². The molecule has 0 aliphatic heterocycles. The van der Waals surface area contributed by atoms with Crippen LogP contribution in [0.5, 0.6) is 0 Å². The zero-order valence-corrected chi connectivity index (χ0v) is 14.3. The maximum atomic E-state index is 12.3. The van der Waals surface area contributed by atoms with E-state index in [0.29, 0.717) is 18.0 Å². The number of rotatable bonds is 9. The molecule has 0 heterocycles. The van der Waals surface area contributed by atoms with Crippen LogP contribution in [0.4, 0.5) is 0 Å². The van der Waals surface area contributed by atoms with Crippen LogP contribution in [0.15, 0.2) is 23.1 Å². The third-order valence-corrected chi connectivity index (χ3v) is 4.77. The van der Waals surface area contributed by atoms with Gasteiger partial charge in [-0.15, -0.1) is 0 Å². The molecule has 0 aliphatic carbocycles. The molecule has 0 amide bonds. The van der Waals surface area contributed by atoms with Crippen molar-refractivity contribution in [3.8, 4) is 0 Å². The van der Waals surface area contributed by atoms with Gasteiger partial charge in [0.25, 0.3) is 0 Å². The first kappa shape index (κ1) is 18.1. The van der Waals surface area contributed by atoms with Crippen molar-refractivity contribution in [2.45, 2.75) is 31.2 Å². The van der Waals surface area contributed by atoms with E-state index < -0.39 is 10.0 Å². The number of hydrogen-bond acceptors (Lipinski definition) is 4. The molecular formula is C15H27N3O2S. The number of benzene rings is 1. The minimum atomic E-state index is -3.42. The highest BCUT2D eigenvalue weighted by molar-refractivity contribution is 7.89. The van der Waals surface area contributed by atoms with Crippen molar-refractivity contribution >= 4 is 10.0 Å². The first-order chi connectivity index (χ1) is 9.90. The SMILES string of the molecule is CCc1ccc(S(=O)(=O)NCCCN(C)C)cc1CNC. The summed E-state index contributed by atoms with van der Waals surface area (Å²) in [6.07, 6.45) is 1.69. The molecule has 0 saturated heterocycles. The number of nitrogens with zero attached hydrogens (tertiary/aromatic N) is 1. The molecule has 0 bridgehead atoms. The van der Waals surface area contributed by atoms with Gasteiger partial charge in [0, 0.05) is 13.1 Å². The van der Waals surface area contributed by atoms with Gasteiger partial charge in [-0.25, -0.2) is 13.1 Å². The molecule has 0 aromatic heterocycles. The molecular weight excluding hydrogens is 286 g/mol. The van der Waals surface area contributed by atoms with Crippen molar-refractivity contribution in [2.75, 3.05) is 34.2 Å². The molecule has 0 spiro atoms. The van der Waals surface area contributed by atoms with E-state index >= 15 is 0 Å². The Balaban J connectivity index is 2.80. The topological polar surface area (TPSA) is 61.4 Å². The summed E-state index contributed by atoms with van der Waals surface area (Å²) in [6, 6.07) is 5.36. The van der Waals surface area contributed by atoms with Gasteiger partial charge in [-0.3, -0.25) is 0 Å². The van der Waals surface area contributed by atoms with Gasteiger partial charge in [0.05, 0.1) is 4.90 Å². The van der Waals surface area contributed by atoms with Gasteiger partial charge < -0.3 is 10.2 Å². The Hall–Kier alpha value is -0.950. The molecule has 1 aromatic carbocycles. The third-order valence-electron chi connectivity index (χ3n) is 3.31.